The predicted molar refractivity (Wildman–Crippen MR) is 143 cm³/mol. The quantitative estimate of drug-likeness (QED) is 0.337. The second-order valence-corrected chi connectivity index (χ2v) is 9.93. The summed E-state index contributed by atoms with van der Waals surface area (Å²) < 4.78 is 17.0. The van der Waals surface area contributed by atoms with Crippen LogP contribution < -0.4 is 10.6 Å². The number of pyridine rings is 1. The van der Waals surface area contributed by atoms with Crippen molar-refractivity contribution in [2.45, 2.75) is 52.4 Å². The number of nitrogens with one attached hydrogen (secondary N) is 2. The van der Waals surface area contributed by atoms with E-state index in [1.807, 2.05) is 58.1 Å². The van der Waals surface area contributed by atoms with Crippen molar-refractivity contribution in [2.75, 3.05) is 5.32 Å². The summed E-state index contributed by atoms with van der Waals surface area (Å²) in [5, 5.41) is 10.8. The van der Waals surface area contributed by atoms with Crippen LogP contribution in [0.1, 0.15) is 64.5 Å². The second kappa shape index (κ2) is 8.83. The topological polar surface area (TPSA) is 84.7 Å². The monoisotopic (exact) mass is 493 g/mol. The summed E-state index contributed by atoms with van der Waals surface area (Å²) in [5.41, 5.74) is 7.41. The van der Waals surface area contributed by atoms with E-state index in [1.54, 1.807) is 18.1 Å². The van der Waals surface area contributed by atoms with Crippen molar-refractivity contribution in [3.63, 3.8) is 0 Å². The molecule has 1 unspecified atom stereocenters. The summed E-state index contributed by atoms with van der Waals surface area (Å²) >= 11 is 0. The molecule has 0 saturated heterocycles. The number of carbonyl (C=O) groups is 1. The molecule has 9 heteroatoms. The molecule has 7 nitrogen and oxygen atoms in total. The van der Waals surface area contributed by atoms with Gasteiger partial charge < -0.3 is 10.6 Å². The fourth-order valence-electron chi connectivity index (χ4n) is 4.94. The lowest BCUT2D eigenvalue weighted by atomic mass is 9.98. The minimum Gasteiger partial charge on any atom is -0.345 e. The summed E-state index contributed by atoms with van der Waals surface area (Å²) in [6.45, 7) is 7.69. The molecule has 0 bridgehead atoms. The van der Waals surface area contributed by atoms with Crippen molar-refractivity contribution in [3.05, 3.63) is 76.4 Å². The highest BCUT2D eigenvalue weighted by Crippen LogP contribution is 2.39. The number of halogens is 1. The van der Waals surface area contributed by atoms with Crippen LogP contribution in [0.15, 0.2) is 42.6 Å². The Morgan fingerprint density at radius 1 is 1.08 bits per heavy atom. The van der Waals surface area contributed by atoms with Gasteiger partial charge in [-0.05, 0) is 86.2 Å². The van der Waals surface area contributed by atoms with Crippen LogP contribution in [0.5, 0.6) is 0 Å². The Morgan fingerprint density at radius 2 is 1.86 bits per heavy atom. The average Bonchev–Trinajstić information content (AvgIpc) is 3.60. The predicted octanol–water partition coefficient (Wildman–Crippen LogP) is 5.70. The maximum atomic E-state index is 15.4. The van der Waals surface area contributed by atoms with Gasteiger partial charge in [0.25, 0.3) is 13.3 Å². The van der Waals surface area contributed by atoms with E-state index in [2.05, 4.69) is 25.7 Å². The molecular formula is C28H27BFN6O. The Kier molecular flexibility index (Phi) is 5.58. The van der Waals surface area contributed by atoms with E-state index in [0.717, 1.165) is 39.2 Å². The van der Waals surface area contributed by atoms with Gasteiger partial charge in [-0.25, -0.2) is 4.39 Å². The van der Waals surface area contributed by atoms with E-state index in [1.165, 1.54) is 18.9 Å². The Hall–Kier alpha value is -4.01. The first-order valence-corrected chi connectivity index (χ1v) is 12.6. The van der Waals surface area contributed by atoms with Gasteiger partial charge in [0.2, 0.25) is 5.95 Å². The summed E-state index contributed by atoms with van der Waals surface area (Å²) in [4.78, 5) is 21.4. The van der Waals surface area contributed by atoms with E-state index in [4.69, 9.17) is 0 Å². The number of aromatic nitrogens is 4. The molecule has 4 aromatic rings. The lowest BCUT2D eigenvalue weighted by Gasteiger charge is -2.12. The van der Waals surface area contributed by atoms with Gasteiger partial charge in [-0.3, -0.25) is 14.4 Å². The standard InChI is InChI=1S/C28H27BFN6O/c1-14-9-22(23(30)11-19(14)18-7-8-24(31-13-18)17-5-6-17)26-34-28(36(29-4)35-26)33-25-12-20-16(3)32-27(37)21(20)10-15(25)2/h7-13,16-17H,5-6H2,1-4H3,(H,32,37)(H,33,34,35). The fourth-order valence-corrected chi connectivity index (χ4v) is 4.94. The van der Waals surface area contributed by atoms with Crippen molar-refractivity contribution >= 4 is 25.0 Å². The van der Waals surface area contributed by atoms with E-state index in [9.17, 15) is 4.79 Å². The fraction of sp³-hybridized carbons (Fsp3) is 0.286. The molecule has 2 aromatic heterocycles. The SMILES string of the molecule is C[B]n1nc(-c2cc(C)c(-c3ccc(C4CC4)nc3)cc2F)nc1Nc1cc2c(cc1C)C(=O)NC2C. The number of benzene rings is 2. The molecule has 37 heavy (non-hydrogen) atoms. The van der Waals surface area contributed by atoms with Gasteiger partial charge in [0.15, 0.2) is 5.82 Å². The smallest absolute Gasteiger partial charge is 0.281 e. The van der Waals surface area contributed by atoms with Crippen LogP contribution in [-0.4, -0.2) is 33.0 Å². The molecule has 3 heterocycles. The zero-order valence-corrected chi connectivity index (χ0v) is 21.3. The molecule has 2 N–H and O–H groups in total. The van der Waals surface area contributed by atoms with Crippen LogP contribution in [0.4, 0.5) is 16.0 Å². The van der Waals surface area contributed by atoms with E-state index >= 15 is 4.39 Å². The number of nitrogens with zero attached hydrogens (tertiary/aromatic N) is 4. The van der Waals surface area contributed by atoms with E-state index in [0.29, 0.717) is 28.8 Å². The summed E-state index contributed by atoms with van der Waals surface area (Å²) in [7, 11) is 1.77. The molecule has 1 aliphatic carbocycles. The van der Waals surface area contributed by atoms with Crippen LogP contribution in [-0.2, 0) is 0 Å². The molecule has 2 aromatic carbocycles. The van der Waals surface area contributed by atoms with Crippen molar-refractivity contribution < 1.29 is 9.18 Å². The highest BCUT2D eigenvalue weighted by molar-refractivity contribution is 6.32. The second-order valence-electron chi connectivity index (χ2n) is 9.93. The van der Waals surface area contributed by atoms with Gasteiger partial charge in [-0.2, -0.15) is 10.1 Å². The molecule has 6 rings (SSSR count). The Balaban J connectivity index is 1.32. The number of hydrogen-bond acceptors (Lipinski definition) is 5. The van der Waals surface area contributed by atoms with Gasteiger partial charge in [-0.1, -0.05) is 12.9 Å². The number of rotatable bonds is 6. The summed E-state index contributed by atoms with van der Waals surface area (Å²) in [6.07, 6.45) is 4.23. The molecule has 1 atom stereocenters. The normalized spacial score (nSPS) is 16.5. The first-order chi connectivity index (χ1) is 17.8. The zero-order valence-electron chi connectivity index (χ0n) is 21.3. The lowest BCUT2D eigenvalue weighted by molar-refractivity contribution is 0.0958. The Bertz CT molecular complexity index is 1540. The largest absolute Gasteiger partial charge is 0.345 e. The lowest BCUT2D eigenvalue weighted by Crippen LogP contribution is -2.16. The first kappa shape index (κ1) is 23.4. The van der Waals surface area contributed by atoms with Crippen molar-refractivity contribution in [1.82, 2.24) is 25.0 Å². The van der Waals surface area contributed by atoms with Crippen LogP contribution in [0.3, 0.4) is 0 Å². The molecule has 1 radical (unpaired) electrons. The zero-order chi connectivity index (χ0) is 25.8. The number of anilines is 2. The molecule has 1 saturated carbocycles. The first-order valence-electron chi connectivity index (χ1n) is 12.6. The molecule has 1 fully saturated rings. The van der Waals surface area contributed by atoms with Gasteiger partial charge >= 0.3 is 0 Å². The average molecular weight is 493 g/mol. The molecule has 2 aliphatic rings. The van der Waals surface area contributed by atoms with Gasteiger partial charge in [0.05, 0.1) is 11.6 Å². The van der Waals surface area contributed by atoms with E-state index in [-0.39, 0.29) is 11.9 Å². The maximum Gasteiger partial charge on any atom is 0.281 e. The molecule has 1 amide bonds. The van der Waals surface area contributed by atoms with Crippen molar-refractivity contribution in [1.29, 1.82) is 0 Å². The van der Waals surface area contributed by atoms with Crippen LogP contribution >= 0.6 is 0 Å². The minimum atomic E-state index is -0.390. The highest BCUT2D eigenvalue weighted by Gasteiger charge is 2.27. The third-order valence-electron chi connectivity index (χ3n) is 7.23. The van der Waals surface area contributed by atoms with Gasteiger partial charge in [0, 0.05) is 34.6 Å². The van der Waals surface area contributed by atoms with Gasteiger partial charge in [-0.15, -0.1) is 0 Å². The molecule has 1 aliphatic heterocycles. The number of aryl methyl sites for hydroxylation is 2. The third kappa shape index (κ3) is 4.18. The van der Waals surface area contributed by atoms with Crippen LogP contribution in [0.25, 0.3) is 22.5 Å². The highest BCUT2D eigenvalue weighted by atomic mass is 19.1. The Morgan fingerprint density at radius 3 is 2.57 bits per heavy atom. The molecular weight excluding hydrogens is 466 g/mol. The third-order valence-corrected chi connectivity index (χ3v) is 7.23. The van der Waals surface area contributed by atoms with Crippen molar-refractivity contribution in [2.24, 2.45) is 0 Å². The van der Waals surface area contributed by atoms with Crippen LogP contribution in [0.2, 0.25) is 6.82 Å². The number of carbonyl (C=O) groups excluding carboxylic acids is 1. The number of hydrogen-bond donors (Lipinski definition) is 2. The maximum absolute atomic E-state index is 15.4. The summed E-state index contributed by atoms with van der Waals surface area (Å²) in [6, 6.07) is 11.2. The van der Waals surface area contributed by atoms with Gasteiger partial charge in [0.1, 0.15) is 5.82 Å². The number of amides is 1. The van der Waals surface area contributed by atoms with E-state index < -0.39 is 5.82 Å². The molecule has 0 spiro atoms. The minimum absolute atomic E-state index is 0.0616. The Labute approximate surface area is 215 Å². The van der Waals surface area contributed by atoms with Crippen LogP contribution in [0, 0.1) is 19.7 Å². The van der Waals surface area contributed by atoms with Crippen molar-refractivity contribution in [3.8, 4) is 22.5 Å². The number of fused-ring (bicyclic) bond motifs is 1. The molecule has 185 valence electrons. The summed E-state index contributed by atoms with van der Waals surface area (Å²) in [5.74, 6) is 0.884.